The van der Waals surface area contributed by atoms with Gasteiger partial charge in [0.2, 0.25) is 5.91 Å². The van der Waals surface area contributed by atoms with E-state index in [1.54, 1.807) is 0 Å². The Labute approximate surface area is 117 Å². The summed E-state index contributed by atoms with van der Waals surface area (Å²) >= 11 is 0. The molecule has 2 N–H and O–H groups in total. The second-order valence-electron chi connectivity index (χ2n) is 6.74. The molecular formula is C15H29N3O. The predicted octanol–water partition coefficient (Wildman–Crippen LogP) is 1.22. The van der Waals surface area contributed by atoms with Crippen LogP contribution in [0.4, 0.5) is 0 Å². The third-order valence-corrected chi connectivity index (χ3v) is 5.02. The topological polar surface area (TPSA) is 44.4 Å². The Morgan fingerprint density at radius 3 is 2.58 bits per heavy atom. The summed E-state index contributed by atoms with van der Waals surface area (Å²) in [6, 6.07) is 0. The molecule has 0 aromatic carbocycles. The van der Waals surface area contributed by atoms with E-state index in [-0.39, 0.29) is 17.4 Å². The van der Waals surface area contributed by atoms with Gasteiger partial charge in [-0.05, 0) is 45.8 Å². The largest absolute Gasteiger partial charge is 0.354 e. The van der Waals surface area contributed by atoms with E-state index in [4.69, 9.17) is 0 Å². The van der Waals surface area contributed by atoms with E-state index in [1.165, 1.54) is 25.7 Å². The number of nitrogens with one attached hydrogen (secondary N) is 2. The fourth-order valence-electron chi connectivity index (χ4n) is 3.57. The number of hydrogen-bond acceptors (Lipinski definition) is 3. The van der Waals surface area contributed by atoms with E-state index in [0.717, 1.165) is 26.1 Å². The monoisotopic (exact) mass is 267 g/mol. The van der Waals surface area contributed by atoms with Gasteiger partial charge in [-0.1, -0.05) is 19.8 Å². The van der Waals surface area contributed by atoms with Crippen molar-refractivity contribution >= 4 is 5.91 Å². The maximum atomic E-state index is 12.3. The van der Waals surface area contributed by atoms with E-state index >= 15 is 0 Å². The summed E-state index contributed by atoms with van der Waals surface area (Å²) in [7, 11) is 4.28. The average Bonchev–Trinajstić information content (AvgIpc) is 2.86. The van der Waals surface area contributed by atoms with Crippen molar-refractivity contribution in [3.63, 3.8) is 0 Å². The van der Waals surface area contributed by atoms with Crippen molar-refractivity contribution < 1.29 is 4.79 Å². The van der Waals surface area contributed by atoms with Crippen molar-refractivity contribution in [2.24, 2.45) is 11.8 Å². The van der Waals surface area contributed by atoms with E-state index in [0.29, 0.717) is 5.92 Å². The SMILES string of the molecule is CC1CNCC(C(=O)NCC2(N(C)C)CCCC2)C1. The summed E-state index contributed by atoms with van der Waals surface area (Å²) in [6.07, 6.45) is 6.01. The Morgan fingerprint density at radius 1 is 1.32 bits per heavy atom. The van der Waals surface area contributed by atoms with Crippen LogP contribution >= 0.6 is 0 Å². The molecule has 2 fully saturated rings. The molecule has 110 valence electrons. The third-order valence-electron chi connectivity index (χ3n) is 5.02. The molecule has 4 heteroatoms. The van der Waals surface area contributed by atoms with Gasteiger partial charge in [0, 0.05) is 18.6 Å². The molecule has 0 aromatic rings. The van der Waals surface area contributed by atoms with Crippen LogP contribution in [0.2, 0.25) is 0 Å². The Kier molecular flexibility index (Phi) is 4.85. The fraction of sp³-hybridized carbons (Fsp3) is 0.933. The number of carbonyl (C=O) groups excluding carboxylic acids is 1. The highest BCUT2D eigenvalue weighted by atomic mass is 16.1. The van der Waals surface area contributed by atoms with Crippen LogP contribution in [-0.2, 0) is 4.79 Å². The highest BCUT2D eigenvalue weighted by Crippen LogP contribution is 2.33. The van der Waals surface area contributed by atoms with Crippen molar-refractivity contribution in [2.75, 3.05) is 33.7 Å². The van der Waals surface area contributed by atoms with Crippen LogP contribution in [0.3, 0.4) is 0 Å². The lowest BCUT2D eigenvalue weighted by atomic mass is 9.90. The van der Waals surface area contributed by atoms with E-state index in [2.05, 4.69) is 36.6 Å². The molecule has 2 unspecified atom stereocenters. The normalized spacial score (nSPS) is 30.5. The van der Waals surface area contributed by atoms with Crippen molar-refractivity contribution in [2.45, 2.75) is 44.6 Å². The zero-order valence-electron chi connectivity index (χ0n) is 12.7. The van der Waals surface area contributed by atoms with E-state index in [9.17, 15) is 4.79 Å². The Morgan fingerprint density at radius 2 is 2.00 bits per heavy atom. The molecule has 1 amide bonds. The quantitative estimate of drug-likeness (QED) is 0.805. The highest BCUT2D eigenvalue weighted by Gasteiger charge is 2.36. The minimum atomic E-state index is 0.157. The molecular weight excluding hydrogens is 238 g/mol. The van der Waals surface area contributed by atoms with Crippen molar-refractivity contribution in [1.82, 2.24) is 15.5 Å². The zero-order chi connectivity index (χ0) is 13.9. The maximum Gasteiger partial charge on any atom is 0.224 e. The first-order chi connectivity index (χ1) is 9.03. The van der Waals surface area contributed by atoms with Crippen LogP contribution in [-0.4, -0.2) is 50.1 Å². The van der Waals surface area contributed by atoms with Gasteiger partial charge >= 0.3 is 0 Å². The van der Waals surface area contributed by atoms with Crippen LogP contribution < -0.4 is 10.6 Å². The highest BCUT2D eigenvalue weighted by molar-refractivity contribution is 5.79. The van der Waals surface area contributed by atoms with Gasteiger partial charge in [-0.2, -0.15) is 0 Å². The average molecular weight is 267 g/mol. The Hall–Kier alpha value is -0.610. The van der Waals surface area contributed by atoms with E-state index < -0.39 is 0 Å². The summed E-state index contributed by atoms with van der Waals surface area (Å²) in [6.45, 7) is 4.91. The Bertz CT molecular complexity index is 311. The molecule has 1 heterocycles. The lowest BCUT2D eigenvalue weighted by Crippen LogP contribution is -2.53. The van der Waals surface area contributed by atoms with Gasteiger partial charge in [-0.3, -0.25) is 4.79 Å². The number of rotatable bonds is 4. The number of likely N-dealkylation sites (N-methyl/N-ethyl adjacent to an activating group) is 1. The first-order valence-corrected chi connectivity index (χ1v) is 7.69. The maximum absolute atomic E-state index is 12.3. The standard InChI is InChI=1S/C15H29N3O/c1-12-8-13(10-16-9-12)14(19)17-11-15(18(2)3)6-4-5-7-15/h12-13,16H,4-11H2,1-3H3,(H,17,19). The number of amides is 1. The summed E-state index contributed by atoms with van der Waals surface area (Å²) in [5.74, 6) is 1.01. The molecule has 0 aromatic heterocycles. The molecule has 1 aliphatic heterocycles. The molecule has 2 aliphatic rings. The van der Waals surface area contributed by atoms with Gasteiger partial charge in [0.1, 0.15) is 0 Å². The van der Waals surface area contributed by atoms with Gasteiger partial charge in [0.25, 0.3) is 0 Å². The number of piperidine rings is 1. The molecule has 0 bridgehead atoms. The predicted molar refractivity (Wildman–Crippen MR) is 78.0 cm³/mol. The van der Waals surface area contributed by atoms with Crippen molar-refractivity contribution in [3.05, 3.63) is 0 Å². The van der Waals surface area contributed by atoms with Crippen LogP contribution in [0.1, 0.15) is 39.0 Å². The van der Waals surface area contributed by atoms with Gasteiger partial charge in [-0.15, -0.1) is 0 Å². The lowest BCUT2D eigenvalue weighted by Gasteiger charge is -2.37. The van der Waals surface area contributed by atoms with Crippen molar-refractivity contribution in [3.8, 4) is 0 Å². The van der Waals surface area contributed by atoms with Crippen LogP contribution in [0.5, 0.6) is 0 Å². The second kappa shape index (κ2) is 6.23. The lowest BCUT2D eigenvalue weighted by molar-refractivity contribution is -0.126. The molecule has 0 radical (unpaired) electrons. The first kappa shape index (κ1) is 14.8. The summed E-state index contributed by atoms with van der Waals surface area (Å²) in [4.78, 5) is 14.6. The van der Waals surface area contributed by atoms with E-state index in [1.807, 2.05) is 0 Å². The molecule has 4 nitrogen and oxygen atoms in total. The van der Waals surface area contributed by atoms with Gasteiger partial charge < -0.3 is 15.5 Å². The fourth-order valence-corrected chi connectivity index (χ4v) is 3.57. The molecule has 1 saturated carbocycles. The first-order valence-electron chi connectivity index (χ1n) is 7.69. The Balaban J connectivity index is 1.85. The third kappa shape index (κ3) is 3.48. The van der Waals surface area contributed by atoms with Crippen molar-refractivity contribution in [1.29, 1.82) is 0 Å². The molecule has 2 rings (SSSR count). The smallest absolute Gasteiger partial charge is 0.224 e. The van der Waals surface area contributed by atoms with Crippen LogP contribution in [0, 0.1) is 11.8 Å². The molecule has 19 heavy (non-hydrogen) atoms. The van der Waals surface area contributed by atoms with Crippen LogP contribution in [0.15, 0.2) is 0 Å². The van der Waals surface area contributed by atoms with Gasteiger partial charge in [0.05, 0.1) is 5.92 Å². The molecule has 1 saturated heterocycles. The number of hydrogen-bond donors (Lipinski definition) is 2. The molecule has 1 aliphatic carbocycles. The van der Waals surface area contributed by atoms with Gasteiger partial charge in [0.15, 0.2) is 0 Å². The summed E-state index contributed by atoms with van der Waals surface area (Å²) in [5.41, 5.74) is 0.198. The summed E-state index contributed by atoms with van der Waals surface area (Å²) in [5, 5.41) is 6.57. The zero-order valence-corrected chi connectivity index (χ0v) is 12.7. The molecule has 0 spiro atoms. The second-order valence-corrected chi connectivity index (χ2v) is 6.74. The minimum absolute atomic E-state index is 0.157. The summed E-state index contributed by atoms with van der Waals surface area (Å²) < 4.78 is 0. The van der Waals surface area contributed by atoms with Gasteiger partial charge in [-0.25, -0.2) is 0 Å². The molecule has 2 atom stereocenters. The minimum Gasteiger partial charge on any atom is -0.354 e. The van der Waals surface area contributed by atoms with Crippen LogP contribution in [0.25, 0.3) is 0 Å². The number of nitrogens with zero attached hydrogens (tertiary/aromatic N) is 1. The number of carbonyl (C=O) groups is 1.